The van der Waals surface area contributed by atoms with Crippen LogP contribution in [0.1, 0.15) is 47.8 Å². The highest BCUT2D eigenvalue weighted by atomic mass is 14.9. The molecule has 2 nitrogen and oxygen atoms in total. The summed E-state index contributed by atoms with van der Waals surface area (Å²) in [7, 11) is 0. The van der Waals surface area contributed by atoms with Crippen molar-refractivity contribution in [3.8, 4) is 0 Å². The van der Waals surface area contributed by atoms with Gasteiger partial charge in [-0.05, 0) is 49.9 Å². The van der Waals surface area contributed by atoms with E-state index in [4.69, 9.17) is 0 Å². The van der Waals surface area contributed by atoms with Gasteiger partial charge in [-0.3, -0.25) is 4.98 Å². The molecule has 1 unspecified atom stereocenters. The van der Waals surface area contributed by atoms with Gasteiger partial charge in [0.05, 0.1) is 5.69 Å². The zero-order valence-corrected chi connectivity index (χ0v) is 12.9. The first-order valence-electron chi connectivity index (χ1n) is 7.35. The quantitative estimate of drug-likeness (QED) is 0.882. The number of pyridine rings is 1. The van der Waals surface area contributed by atoms with Crippen LogP contribution in [0.4, 0.5) is 0 Å². The first-order valence-corrected chi connectivity index (χ1v) is 7.35. The molecule has 0 aliphatic carbocycles. The van der Waals surface area contributed by atoms with Crippen molar-refractivity contribution in [1.29, 1.82) is 0 Å². The maximum atomic E-state index is 4.49. The number of aryl methyl sites for hydroxylation is 3. The highest BCUT2D eigenvalue weighted by Gasteiger charge is 2.09. The van der Waals surface area contributed by atoms with Gasteiger partial charge in [0.1, 0.15) is 0 Å². The molecule has 20 heavy (non-hydrogen) atoms. The van der Waals surface area contributed by atoms with Crippen LogP contribution in [0.2, 0.25) is 0 Å². The summed E-state index contributed by atoms with van der Waals surface area (Å²) in [5.74, 6) is 0. The number of hydrogen-bond acceptors (Lipinski definition) is 2. The Morgan fingerprint density at radius 1 is 1.20 bits per heavy atom. The Morgan fingerprint density at radius 3 is 2.70 bits per heavy atom. The first-order chi connectivity index (χ1) is 9.61. The third-order valence-corrected chi connectivity index (χ3v) is 3.83. The van der Waals surface area contributed by atoms with Crippen LogP contribution in [0.5, 0.6) is 0 Å². The molecule has 0 fully saturated rings. The maximum Gasteiger partial charge on any atom is 0.0573 e. The third kappa shape index (κ3) is 3.45. The van der Waals surface area contributed by atoms with Gasteiger partial charge in [-0.2, -0.15) is 0 Å². The highest BCUT2D eigenvalue weighted by Crippen LogP contribution is 2.19. The predicted octanol–water partition coefficient (Wildman–Crippen LogP) is 4.11. The van der Waals surface area contributed by atoms with Crippen molar-refractivity contribution >= 4 is 0 Å². The van der Waals surface area contributed by atoms with Crippen LogP contribution in [0.25, 0.3) is 0 Å². The SMILES string of the molecule is CCc1cccnc1CNC(C)c1ccc(C)cc1C. The lowest BCUT2D eigenvalue weighted by atomic mass is 10.00. The van der Waals surface area contributed by atoms with Crippen molar-refractivity contribution in [3.63, 3.8) is 0 Å². The fourth-order valence-electron chi connectivity index (χ4n) is 2.62. The molecular weight excluding hydrogens is 244 g/mol. The van der Waals surface area contributed by atoms with Gasteiger partial charge in [-0.25, -0.2) is 0 Å². The van der Waals surface area contributed by atoms with E-state index in [0.717, 1.165) is 18.7 Å². The normalized spacial score (nSPS) is 12.4. The number of nitrogens with one attached hydrogen (secondary N) is 1. The molecule has 0 radical (unpaired) electrons. The van der Waals surface area contributed by atoms with E-state index in [2.05, 4.69) is 62.3 Å². The Morgan fingerprint density at radius 2 is 2.00 bits per heavy atom. The molecule has 0 amide bonds. The molecule has 0 saturated carbocycles. The molecule has 1 heterocycles. The van der Waals surface area contributed by atoms with Crippen LogP contribution in [-0.4, -0.2) is 4.98 Å². The monoisotopic (exact) mass is 268 g/mol. The number of hydrogen-bond donors (Lipinski definition) is 1. The van der Waals surface area contributed by atoms with Gasteiger partial charge in [0.15, 0.2) is 0 Å². The zero-order valence-electron chi connectivity index (χ0n) is 12.9. The van der Waals surface area contributed by atoms with E-state index in [1.165, 1.54) is 22.3 Å². The van der Waals surface area contributed by atoms with E-state index < -0.39 is 0 Å². The number of rotatable bonds is 5. The lowest BCUT2D eigenvalue weighted by Gasteiger charge is -2.17. The minimum atomic E-state index is 0.335. The fraction of sp³-hybridized carbons (Fsp3) is 0.389. The van der Waals surface area contributed by atoms with E-state index in [-0.39, 0.29) is 0 Å². The summed E-state index contributed by atoms with van der Waals surface area (Å²) in [4.78, 5) is 4.49. The average molecular weight is 268 g/mol. The summed E-state index contributed by atoms with van der Waals surface area (Å²) in [6, 6.07) is 11.1. The van der Waals surface area contributed by atoms with E-state index in [9.17, 15) is 0 Å². The van der Waals surface area contributed by atoms with Gasteiger partial charge in [0.25, 0.3) is 0 Å². The van der Waals surface area contributed by atoms with Crippen molar-refractivity contribution in [1.82, 2.24) is 10.3 Å². The molecule has 2 aromatic rings. The third-order valence-electron chi connectivity index (χ3n) is 3.83. The number of benzene rings is 1. The van der Waals surface area contributed by atoms with Gasteiger partial charge in [0, 0.05) is 18.8 Å². The second-order valence-corrected chi connectivity index (χ2v) is 5.43. The molecule has 1 aromatic heterocycles. The molecule has 1 aromatic carbocycles. The minimum Gasteiger partial charge on any atom is -0.305 e. The van der Waals surface area contributed by atoms with Crippen molar-refractivity contribution in [2.75, 3.05) is 0 Å². The van der Waals surface area contributed by atoms with Gasteiger partial charge in [0.2, 0.25) is 0 Å². The molecule has 2 rings (SSSR count). The summed E-state index contributed by atoms with van der Waals surface area (Å²) >= 11 is 0. The number of nitrogens with zero attached hydrogens (tertiary/aromatic N) is 1. The van der Waals surface area contributed by atoms with Crippen LogP contribution < -0.4 is 5.32 Å². The topological polar surface area (TPSA) is 24.9 Å². The summed E-state index contributed by atoms with van der Waals surface area (Å²) in [5.41, 5.74) is 6.52. The van der Waals surface area contributed by atoms with E-state index in [0.29, 0.717) is 6.04 Å². The van der Waals surface area contributed by atoms with E-state index in [1.807, 2.05) is 12.3 Å². The number of aromatic nitrogens is 1. The average Bonchev–Trinajstić information content (AvgIpc) is 2.45. The zero-order chi connectivity index (χ0) is 14.5. The second-order valence-electron chi connectivity index (χ2n) is 5.43. The molecule has 0 spiro atoms. The Balaban J connectivity index is 2.06. The minimum absolute atomic E-state index is 0.335. The summed E-state index contributed by atoms with van der Waals surface area (Å²) in [6.45, 7) is 9.52. The summed E-state index contributed by atoms with van der Waals surface area (Å²) < 4.78 is 0. The van der Waals surface area contributed by atoms with E-state index >= 15 is 0 Å². The predicted molar refractivity (Wildman–Crippen MR) is 84.8 cm³/mol. The highest BCUT2D eigenvalue weighted by molar-refractivity contribution is 5.32. The Labute approximate surface area is 122 Å². The Hall–Kier alpha value is -1.67. The lowest BCUT2D eigenvalue weighted by Crippen LogP contribution is -2.20. The molecule has 1 N–H and O–H groups in total. The van der Waals surface area contributed by atoms with Crippen LogP contribution in [0.15, 0.2) is 36.5 Å². The van der Waals surface area contributed by atoms with Gasteiger partial charge < -0.3 is 5.32 Å². The smallest absolute Gasteiger partial charge is 0.0573 e. The molecule has 0 saturated heterocycles. The standard InChI is InChI=1S/C18H24N2/c1-5-16-7-6-10-19-18(16)12-20-15(4)17-9-8-13(2)11-14(17)3/h6-11,15,20H,5,12H2,1-4H3. The van der Waals surface area contributed by atoms with E-state index in [1.54, 1.807) is 0 Å². The van der Waals surface area contributed by atoms with Crippen molar-refractivity contribution in [2.45, 2.75) is 46.7 Å². The maximum absolute atomic E-state index is 4.49. The second kappa shape index (κ2) is 6.67. The Kier molecular flexibility index (Phi) is 4.91. The van der Waals surface area contributed by atoms with Crippen molar-refractivity contribution in [3.05, 3.63) is 64.5 Å². The van der Waals surface area contributed by atoms with Crippen LogP contribution in [-0.2, 0) is 13.0 Å². The van der Waals surface area contributed by atoms with Crippen LogP contribution in [0.3, 0.4) is 0 Å². The molecule has 0 bridgehead atoms. The summed E-state index contributed by atoms with van der Waals surface area (Å²) in [6.07, 6.45) is 2.90. The van der Waals surface area contributed by atoms with Crippen molar-refractivity contribution < 1.29 is 0 Å². The van der Waals surface area contributed by atoms with Gasteiger partial charge in [-0.15, -0.1) is 0 Å². The molecular formula is C18H24N2. The molecule has 106 valence electrons. The fourth-order valence-corrected chi connectivity index (χ4v) is 2.62. The van der Waals surface area contributed by atoms with Gasteiger partial charge >= 0.3 is 0 Å². The Bertz CT molecular complexity index is 575. The molecule has 0 aliphatic heterocycles. The molecule has 0 aliphatic rings. The summed E-state index contributed by atoms with van der Waals surface area (Å²) in [5, 5.41) is 3.59. The van der Waals surface area contributed by atoms with Crippen molar-refractivity contribution in [2.24, 2.45) is 0 Å². The molecule has 2 heteroatoms. The lowest BCUT2D eigenvalue weighted by molar-refractivity contribution is 0.562. The van der Waals surface area contributed by atoms with Crippen LogP contribution >= 0.6 is 0 Å². The first kappa shape index (κ1) is 14.7. The van der Waals surface area contributed by atoms with Crippen LogP contribution in [0, 0.1) is 13.8 Å². The largest absolute Gasteiger partial charge is 0.305 e. The molecule has 1 atom stereocenters. The van der Waals surface area contributed by atoms with Gasteiger partial charge in [-0.1, -0.05) is 36.8 Å².